The maximum Gasteiger partial charge on any atom is 0.251 e. The monoisotopic (exact) mass is 384 g/mol. The first-order valence-corrected chi connectivity index (χ1v) is 8.65. The van der Waals surface area contributed by atoms with Gasteiger partial charge in [0.1, 0.15) is 0 Å². The third-order valence-corrected chi connectivity index (χ3v) is 4.17. The van der Waals surface area contributed by atoms with Crippen LogP contribution in [0.2, 0.25) is 0 Å². The molecule has 0 aliphatic rings. The molecule has 1 aromatic carbocycles. The fraction of sp³-hybridized carbons (Fsp3) is 0.263. The fourth-order valence-corrected chi connectivity index (χ4v) is 2.70. The summed E-state index contributed by atoms with van der Waals surface area (Å²) < 4.78 is 21.3. The van der Waals surface area contributed by atoms with Crippen LogP contribution in [0, 0.1) is 5.82 Å². The van der Waals surface area contributed by atoms with Crippen molar-refractivity contribution in [3.8, 4) is 5.75 Å². The second-order valence-corrected chi connectivity index (χ2v) is 6.17. The highest BCUT2D eigenvalue weighted by Crippen LogP contribution is 2.24. The molecule has 0 atom stereocenters. The Kier molecular flexibility index (Phi) is 5.83. The van der Waals surface area contributed by atoms with Crippen molar-refractivity contribution in [2.45, 2.75) is 12.8 Å². The number of carbonyl (C=O) groups excluding carboxylic acids is 1. The van der Waals surface area contributed by atoms with Gasteiger partial charge in [0.15, 0.2) is 11.6 Å². The molecule has 2 heterocycles. The quantitative estimate of drug-likeness (QED) is 0.649. The number of aryl methyl sites for hydroxylation is 3. The van der Waals surface area contributed by atoms with Crippen molar-refractivity contribution >= 4 is 17.5 Å². The Morgan fingerprint density at radius 1 is 1.21 bits per heavy atom. The van der Waals surface area contributed by atoms with Crippen molar-refractivity contribution in [1.29, 1.82) is 0 Å². The first-order valence-electron chi connectivity index (χ1n) is 8.65. The largest absolute Gasteiger partial charge is 0.494 e. The van der Waals surface area contributed by atoms with Gasteiger partial charge in [0, 0.05) is 38.2 Å². The van der Waals surface area contributed by atoms with Crippen LogP contribution < -0.4 is 15.4 Å². The molecule has 0 saturated heterocycles. The summed E-state index contributed by atoms with van der Waals surface area (Å²) in [6, 6.07) is 2.93. The van der Waals surface area contributed by atoms with Gasteiger partial charge in [-0.1, -0.05) is 0 Å². The van der Waals surface area contributed by atoms with Crippen LogP contribution in [0.15, 0.2) is 36.9 Å². The molecule has 0 spiro atoms. The average Bonchev–Trinajstić information content (AvgIpc) is 3.12. The van der Waals surface area contributed by atoms with Gasteiger partial charge in [0.05, 0.1) is 19.0 Å². The number of nitrogens with zero attached hydrogens (tertiary/aromatic N) is 4. The van der Waals surface area contributed by atoms with E-state index in [1.54, 1.807) is 23.3 Å². The number of rotatable bonds is 7. The van der Waals surface area contributed by atoms with E-state index >= 15 is 0 Å². The van der Waals surface area contributed by atoms with Crippen LogP contribution in [0.5, 0.6) is 5.75 Å². The van der Waals surface area contributed by atoms with E-state index in [9.17, 15) is 9.18 Å². The van der Waals surface area contributed by atoms with E-state index in [1.165, 1.54) is 26.3 Å². The third-order valence-electron chi connectivity index (χ3n) is 4.17. The number of benzene rings is 1. The predicted molar refractivity (Wildman–Crippen MR) is 102 cm³/mol. The molecule has 0 aliphatic heterocycles. The number of hydrogen-bond acceptors (Lipinski definition) is 6. The molecule has 0 radical (unpaired) electrons. The molecule has 3 aromatic rings. The van der Waals surface area contributed by atoms with Crippen LogP contribution in [-0.2, 0) is 19.9 Å². The summed E-state index contributed by atoms with van der Waals surface area (Å²) in [5.41, 5.74) is 2.38. The fourth-order valence-electron chi connectivity index (χ4n) is 2.70. The Morgan fingerprint density at radius 2 is 1.96 bits per heavy atom. The third kappa shape index (κ3) is 4.43. The van der Waals surface area contributed by atoms with E-state index in [0.717, 1.165) is 11.3 Å². The molecular weight excluding hydrogens is 363 g/mol. The molecule has 0 fully saturated rings. The number of amides is 1. The maximum atomic E-state index is 14.5. The van der Waals surface area contributed by atoms with Crippen molar-refractivity contribution in [2.24, 2.45) is 7.05 Å². The highest BCUT2D eigenvalue weighted by Gasteiger charge is 2.15. The Bertz CT molecular complexity index is 971. The first kappa shape index (κ1) is 19.3. The molecule has 1 amide bonds. The number of methoxy groups -OCH3 is 1. The molecule has 0 saturated carbocycles. The Labute approximate surface area is 161 Å². The summed E-state index contributed by atoms with van der Waals surface area (Å²) in [5, 5.41) is 9.65. The first-order chi connectivity index (χ1) is 13.5. The number of aromatic nitrogens is 4. The summed E-state index contributed by atoms with van der Waals surface area (Å²) in [6.45, 7) is 0. The second-order valence-electron chi connectivity index (χ2n) is 6.17. The Morgan fingerprint density at radius 3 is 2.57 bits per heavy atom. The average molecular weight is 384 g/mol. The van der Waals surface area contributed by atoms with E-state index in [-0.39, 0.29) is 11.7 Å². The molecule has 8 nitrogen and oxygen atoms in total. The maximum absolute atomic E-state index is 14.5. The number of hydrogen-bond donors (Lipinski definition) is 2. The molecule has 0 bridgehead atoms. The van der Waals surface area contributed by atoms with Crippen LogP contribution in [0.1, 0.15) is 21.5 Å². The summed E-state index contributed by atoms with van der Waals surface area (Å²) in [5.74, 6) is -0.269. The van der Waals surface area contributed by atoms with Gasteiger partial charge in [-0.3, -0.25) is 9.48 Å². The van der Waals surface area contributed by atoms with Crippen LogP contribution in [0.25, 0.3) is 0 Å². The molecule has 28 heavy (non-hydrogen) atoms. The van der Waals surface area contributed by atoms with Crippen LogP contribution >= 0.6 is 0 Å². The zero-order valence-electron chi connectivity index (χ0n) is 15.9. The van der Waals surface area contributed by atoms with Crippen LogP contribution in [0.3, 0.4) is 0 Å². The van der Waals surface area contributed by atoms with E-state index < -0.39 is 5.82 Å². The topological polar surface area (TPSA) is 94.0 Å². The van der Waals surface area contributed by atoms with Crippen molar-refractivity contribution in [3.63, 3.8) is 0 Å². The second kappa shape index (κ2) is 8.47. The van der Waals surface area contributed by atoms with Gasteiger partial charge in [-0.15, -0.1) is 0 Å². The number of anilines is 2. The van der Waals surface area contributed by atoms with Gasteiger partial charge in [-0.2, -0.15) is 5.10 Å². The van der Waals surface area contributed by atoms with Crippen LogP contribution in [0.4, 0.5) is 16.0 Å². The Hall–Kier alpha value is -3.49. The molecule has 2 aromatic heterocycles. The summed E-state index contributed by atoms with van der Waals surface area (Å²) >= 11 is 0. The lowest BCUT2D eigenvalue weighted by Gasteiger charge is -2.11. The van der Waals surface area contributed by atoms with E-state index in [1.807, 2.05) is 13.2 Å². The van der Waals surface area contributed by atoms with Crippen LogP contribution in [-0.4, -0.2) is 39.8 Å². The SMILES string of the molecule is CNC(=O)c1cc(CCc2cnc(Nc3cnn(C)c3)nc2)c(F)c(OC)c1. The number of carbonyl (C=O) groups is 1. The summed E-state index contributed by atoms with van der Waals surface area (Å²) in [7, 11) is 4.72. The van der Waals surface area contributed by atoms with E-state index in [4.69, 9.17) is 4.74 Å². The minimum atomic E-state index is -0.467. The standard InChI is InChI=1S/C19H21FN6O2/c1-21-18(27)14-6-13(17(20)16(7-14)28-3)5-4-12-8-22-19(23-9-12)25-15-10-24-26(2)11-15/h6-11H,4-5H2,1-3H3,(H,21,27)(H,22,23,25). The van der Waals surface area contributed by atoms with Gasteiger partial charge in [-0.25, -0.2) is 14.4 Å². The zero-order valence-corrected chi connectivity index (χ0v) is 15.9. The number of nitrogens with one attached hydrogen (secondary N) is 2. The number of ether oxygens (including phenoxy) is 1. The highest BCUT2D eigenvalue weighted by molar-refractivity contribution is 5.94. The van der Waals surface area contributed by atoms with E-state index in [0.29, 0.717) is 29.9 Å². The van der Waals surface area contributed by atoms with Gasteiger partial charge in [0.25, 0.3) is 5.91 Å². The molecule has 9 heteroatoms. The van der Waals surface area contributed by atoms with Crippen molar-refractivity contribution < 1.29 is 13.9 Å². The van der Waals surface area contributed by atoms with Gasteiger partial charge < -0.3 is 15.4 Å². The smallest absolute Gasteiger partial charge is 0.251 e. The highest BCUT2D eigenvalue weighted by atomic mass is 19.1. The van der Waals surface area contributed by atoms with Gasteiger partial charge >= 0.3 is 0 Å². The molecule has 0 aliphatic carbocycles. The molecular formula is C19H21FN6O2. The minimum Gasteiger partial charge on any atom is -0.494 e. The lowest BCUT2D eigenvalue weighted by molar-refractivity contribution is 0.0962. The molecule has 3 rings (SSSR count). The zero-order chi connectivity index (χ0) is 20.1. The Balaban J connectivity index is 1.70. The predicted octanol–water partition coefficient (Wildman–Crippen LogP) is 2.25. The minimum absolute atomic E-state index is 0.0448. The normalized spacial score (nSPS) is 10.6. The van der Waals surface area contributed by atoms with Crippen molar-refractivity contribution in [1.82, 2.24) is 25.1 Å². The summed E-state index contributed by atoms with van der Waals surface area (Å²) in [4.78, 5) is 20.4. The number of halogens is 1. The molecule has 2 N–H and O–H groups in total. The van der Waals surface area contributed by atoms with E-state index in [2.05, 4.69) is 25.7 Å². The lowest BCUT2D eigenvalue weighted by Crippen LogP contribution is -2.18. The lowest BCUT2D eigenvalue weighted by atomic mass is 10.0. The molecule has 0 unspecified atom stereocenters. The van der Waals surface area contributed by atoms with Gasteiger partial charge in [-0.05, 0) is 36.1 Å². The summed E-state index contributed by atoms with van der Waals surface area (Å²) in [6.07, 6.45) is 7.75. The molecule has 146 valence electrons. The van der Waals surface area contributed by atoms with Crippen molar-refractivity contribution in [3.05, 3.63) is 59.4 Å². The van der Waals surface area contributed by atoms with Crippen molar-refractivity contribution in [2.75, 3.05) is 19.5 Å². The van der Waals surface area contributed by atoms with Gasteiger partial charge in [0.2, 0.25) is 5.95 Å².